The van der Waals surface area contributed by atoms with E-state index in [1.165, 1.54) is 57.8 Å². The summed E-state index contributed by atoms with van der Waals surface area (Å²) in [5.41, 5.74) is 0. The van der Waals surface area contributed by atoms with Crippen molar-refractivity contribution in [3.05, 3.63) is 0 Å². The standard InChI is InChI=1S/C16H34O2/c1-3-5-7-9-11-13-15(16(18)14-17)12-10-8-6-4-2/h15-18H,3-14H2,1-2H3/t15?,16-/m0/s1. The zero-order valence-electron chi connectivity index (χ0n) is 12.5. The SMILES string of the molecule is CCCCCCCC(CCCCCC)[C@@H](O)CO. The van der Waals surface area contributed by atoms with Crippen molar-refractivity contribution in [1.29, 1.82) is 0 Å². The van der Waals surface area contributed by atoms with E-state index in [4.69, 9.17) is 5.11 Å². The third-order valence-corrected chi connectivity index (χ3v) is 3.84. The van der Waals surface area contributed by atoms with Crippen molar-refractivity contribution in [2.45, 2.75) is 90.6 Å². The van der Waals surface area contributed by atoms with Gasteiger partial charge >= 0.3 is 0 Å². The Hall–Kier alpha value is -0.0800. The van der Waals surface area contributed by atoms with Crippen molar-refractivity contribution in [2.75, 3.05) is 6.61 Å². The van der Waals surface area contributed by atoms with Crippen LogP contribution in [0.15, 0.2) is 0 Å². The van der Waals surface area contributed by atoms with Crippen LogP contribution in [0.4, 0.5) is 0 Å². The van der Waals surface area contributed by atoms with Crippen molar-refractivity contribution in [1.82, 2.24) is 0 Å². The Morgan fingerprint density at radius 1 is 0.722 bits per heavy atom. The Morgan fingerprint density at radius 3 is 1.61 bits per heavy atom. The number of unbranched alkanes of at least 4 members (excludes halogenated alkanes) is 7. The molecule has 0 aliphatic carbocycles. The summed E-state index contributed by atoms with van der Waals surface area (Å²) in [7, 11) is 0. The molecule has 0 radical (unpaired) electrons. The van der Waals surface area contributed by atoms with Gasteiger partial charge in [-0.05, 0) is 18.8 Å². The van der Waals surface area contributed by atoms with Gasteiger partial charge in [-0.15, -0.1) is 0 Å². The van der Waals surface area contributed by atoms with Crippen molar-refractivity contribution in [2.24, 2.45) is 5.92 Å². The average Bonchev–Trinajstić information content (AvgIpc) is 2.40. The lowest BCUT2D eigenvalue weighted by Crippen LogP contribution is -2.24. The van der Waals surface area contributed by atoms with Gasteiger partial charge < -0.3 is 10.2 Å². The first-order valence-electron chi connectivity index (χ1n) is 8.05. The van der Waals surface area contributed by atoms with Crippen molar-refractivity contribution in [3.8, 4) is 0 Å². The molecule has 0 saturated carbocycles. The Kier molecular flexibility index (Phi) is 13.3. The first-order valence-corrected chi connectivity index (χ1v) is 8.05. The van der Waals surface area contributed by atoms with Crippen molar-refractivity contribution >= 4 is 0 Å². The highest BCUT2D eigenvalue weighted by atomic mass is 16.3. The summed E-state index contributed by atoms with van der Waals surface area (Å²) in [5.74, 6) is 0.313. The second-order valence-corrected chi connectivity index (χ2v) is 5.56. The normalized spacial score (nSPS) is 14.7. The van der Waals surface area contributed by atoms with Crippen LogP contribution in [0.25, 0.3) is 0 Å². The molecule has 0 rings (SSSR count). The molecular weight excluding hydrogens is 224 g/mol. The fourth-order valence-corrected chi connectivity index (χ4v) is 2.52. The minimum absolute atomic E-state index is 0.0760. The van der Waals surface area contributed by atoms with E-state index < -0.39 is 6.10 Å². The number of hydrogen-bond donors (Lipinski definition) is 2. The second-order valence-electron chi connectivity index (χ2n) is 5.56. The topological polar surface area (TPSA) is 40.5 Å². The van der Waals surface area contributed by atoms with Crippen LogP contribution in [0.3, 0.4) is 0 Å². The molecule has 110 valence electrons. The van der Waals surface area contributed by atoms with E-state index in [0.717, 1.165) is 12.8 Å². The second kappa shape index (κ2) is 13.4. The van der Waals surface area contributed by atoms with E-state index >= 15 is 0 Å². The maximum atomic E-state index is 9.83. The van der Waals surface area contributed by atoms with Gasteiger partial charge in [0, 0.05) is 0 Å². The molecule has 0 spiro atoms. The Labute approximate surface area is 114 Å². The van der Waals surface area contributed by atoms with Gasteiger partial charge in [0.25, 0.3) is 0 Å². The molecule has 0 aromatic heterocycles. The molecule has 0 aromatic carbocycles. The van der Waals surface area contributed by atoms with Crippen LogP contribution in [-0.2, 0) is 0 Å². The summed E-state index contributed by atoms with van der Waals surface area (Å²) in [5, 5.41) is 18.9. The molecule has 18 heavy (non-hydrogen) atoms. The summed E-state index contributed by atoms with van der Waals surface area (Å²) in [6.07, 6.45) is 13.1. The predicted octanol–water partition coefficient (Wildman–Crippen LogP) is 4.29. The Bertz CT molecular complexity index is 159. The van der Waals surface area contributed by atoms with Gasteiger partial charge in [-0.25, -0.2) is 0 Å². The molecule has 0 heterocycles. The molecule has 0 aliphatic heterocycles. The highest BCUT2D eigenvalue weighted by Gasteiger charge is 2.17. The largest absolute Gasteiger partial charge is 0.394 e. The fourth-order valence-electron chi connectivity index (χ4n) is 2.52. The molecule has 0 saturated heterocycles. The third-order valence-electron chi connectivity index (χ3n) is 3.84. The molecule has 1 unspecified atom stereocenters. The molecular formula is C16H34O2. The smallest absolute Gasteiger partial charge is 0.0799 e. The molecule has 0 fully saturated rings. The van der Waals surface area contributed by atoms with Gasteiger partial charge in [0.1, 0.15) is 0 Å². The van der Waals surface area contributed by atoms with Crippen LogP contribution in [0.1, 0.15) is 84.5 Å². The third kappa shape index (κ3) is 9.90. The van der Waals surface area contributed by atoms with E-state index in [1.807, 2.05) is 0 Å². The molecule has 0 aliphatic rings. The van der Waals surface area contributed by atoms with E-state index in [-0.39, 0.29) is 6.61 Å². The van der Waals surface area contributed by atoms with Gasteiger partial charge in [0.05, 0.1) is 12.7 Å². The minimum atomic E-state index is -0.502. The van der Waals surface area contributed by atoms with Gasteiger partial charge in [0.2, 0.25) is 0 Å². The fraction of sp³-hybridized carbons (Fsp3) is 1.00. The maximum absolute atomic E-state index is 9.83. The lowest BCUT2D eigenvalue weighted by molar-refractivity contribution is 0.0382. The quantitative estimate of drug-likeness (QED) is 0.484. The molecule has 2 heteroatoms. The summed E-state index contributed by atoms with van der Waals surface area (Å²) in [4.78, 5) is 0. The van der Waals surface area contributed by atoms with Crippen LogP contribution in [-0.4, -0.2) is 22.9 Å². The lowest BCUT2D eigenvalue weighted by atomic mass is 9.90. The van der Waals surface area contributed by atoms with Crippen LogP contribution in [0.2, 0.25) is 0 Å². The predicted molar refractivity (Wildman–Crippen MR) is 78.7 cm³/mol. The van der Waals surface area contributed by atoms with Gasteiger partial charge in [-0.1, -0.05) is 71.6 Å². The van der Waals surface area contributed by atoms with Crippen LogP contribution in [0.5, 0.6) is 0 Å². The van der Waals surface area contributed by atoms with Crippen molar-refractivity contribution in [3.63, 3.8) is 0 Å². The molecule has 2 atom stereocenters. The number of aliphatic hydroxyl groups excluding tert-OH is 2. The number of hydrogen-bond acceptors (Lipinski definition) is 2. The minimum Gasteiger partial charge on any atom is -0.394 e. The summed E-state index contributed by atoms with van der Waals surface area (Å²) in [6.45, 7) is 4.37. The molecule has 2 N–H and O–H groups in total. The highest BCUT2D eigenvalue weighted by molar-refractivity contribution is 4.68. The summed E-state index contributed by atoms with van der Waals surface area (Å²) in [6, 6.07) is 0. The average molecular weight is 258 g/mol. The zero-order chi connectivity index (χ0) is 13.6. The first kappa shape index (κ1) is 17.9. The molecule has 0 bridgehead atoms. The van der Waals surface area contributed by atoms with E-state index in [0.29, 0.717) is 5.92 Å². The molecule has 2 nitrogen and oxygen atoms in total. The number of aliphatic hydroxyl groups is 2. The van der Waals surface area contributed by atoms with Crippen molar-refractivity contribution < 1.29 is 10.2 Å². The molecule has 0 amide bonds. The molecule has 0 aromatic rings. The summed E-state index contributed by atoms with van der Waals surface area (Å²) >= 11 is 0. The van der Waals surface area contributed by atoms with Crippen LogP contribution in [0, 0.1) is 5.92 Å². The van der Waals surface area contributed by atoms with Crippen LogP contribution >= 0.6 is 0 Å². The van der Waals surface area contributed by atoms with Gasteiger partial charge in [0.15, 0.2) is 0 Å². The van der Waals surface area contributed by atoms with E-state index in [1.54, 1.807) is 0 Å². The van der Waals surface area contributed by atoms with Gasteiger partial charge in [-0.3, -0.25) is 0 Å². The maximum Gasteiger partial charge on any atom is 0.0799 e. The summed E-state index contributed by atoms with van der Waals surface area (Å²) < 4.78 is 0. The lowest BCUT2D eigenvalue weighted by Gasteiger charge is -2.21. The Morgan fingerprint density at radius 2 is 1.17 bits per heavy atom. The Balaban J connectivity index is 3.70. The zero-order valence-corrected chi connectivity index (χ0v) is 12.5. The first-order chi connectivity index (χ1) is 8.76. The van der Waals surface area contributed by atoms with Crippen LogP contribution < -0.4 is 0 Å². The monoisotopic (exact) mass is 258 g/mol. The highest BCUT2D eigenvalue weighted by Crippen LogP contribution is 2.21. The number of rotatable bonds is 13. The van der Waals surface area contributed by atoms with E-state index in [2.05, 4.69) is 13.8 Å². The van der Waals surface area contributed by atoms with E-state index in [9.17, 15) is 5.11 Å². The van der Waals surface area contributed by atoms with Gasteiger partial charge in [-0.2, -0.15) is 0 Å².